The first-order valence-electron chi connectivity index (χ1n) is 5.30. The Hall–Kier alpha value is -1.24. The lowest BCUT2D eigenvalue weighted by Gasteiger charge is -2.23. The van der Waals surface area contributed by atoms with Gasteiger partial charge >= 0.3 is 0 Å². The van der Waals surface area contributed by atoms with Crippen molar-refractivity contribution in [3.05, 3.63) is 42.0 Å². The highest BCUT2D eigenvalue weighted by Gasteiger charge is 2.19. The first-order valence-corrected chi connectivity index (χ1v) is 5.30. The Morgan fingerprint density at radius 3 is 2.53 bits per heavy atom. The van der Waals surface area contributed by atoms with E-state index in [1.54, 1.807) is 6.08 Å². The van der Waals surface area contributed by atoms with Crippen LogP contribution in [-0.4, -0.2) is 6.61 Å². The first kappa shape index (κ1) is 11.8. The van der Waals surface area contributed by atoms with Crippen molar-refractivity contribution in [2.24, 2.45) is 0 Å². The maximum absolute atomic E-state index is 5.73. The Balaban J connectivity index is 3.14. The highest BCUT2D eigenvalue weighted by molar-refractivity contribution is 5.44. The Morgan fingerprint density at radius 2 is 2.00 bits per heavy atom. The summed E-state index contributed by atoms with van der Waals surface area (Å²) in [7, 11) is 0. The third-order valence-electron chi connectivity index (χ3n) is 2.37. The molecule has 0 bridgehead atoms. The van der Waals surface area contributed by atoms with Gasteiger partial charge in [-0.3, -0.25) is 0 Å². The molecule has 1 rings (SSSR count). The van der Waals surface area contributed by atoms with Crippen molar-refractivity contribution in [2.45, 2.75) is 33.1 Å². The Labute approximate surface area is 92.8 Å². The lowest BCUT2D eigenvalue weighted by atomic mass is 9.85. The Kier molecular flexibility index (Phi) is 3.57. The van der Waals surface area contributed by atoms with Gasteiger partial charge in [0, 0.05) is 0 Å². The van der Waals surface area contributed by atoms with Crippen LogP contribution < -0.4 is 4.74 Å². The molecular weight excluding hydrogens is 184 g/mol. The number of hydrogen-bond donors (Lipinski definition) is 0. The van der Waals surface area contributed by atoms with E-state index in [2.05, 4.69) is 52.5 Å². The summed E-state index contributed by atoms with van der Waals surface area (Å²) in [5.74, 6) is 1.00. The fourth-order valence-corrected chi connectivity index (χ4v) is 1.58. The molecule has 15 heavy (non-hydrogen) atoms. The van der Waals surface area contributed by atoms with E-state index < -0.39 is 0 Å². The van der Waals surface area contributed by atoms with Crippen LogP contribution in [0.25, 0.3) is 0 Å². The fourth-order valence-electron chi connectivity index (χ4n) is 1.58. The number of aryl methyl sites for hydroxylation is 1. The van der Waals surface area contributed by atoms with Crippen molar-refractivity contribution in [3.8, 4) is 5.75 Å². The average molecular weight is 204 g/mol. The fraction of sp³-hybridized carbons (Fsp3) is 0.429. The SMILES string of the molecule is C=CCOc1c(C)cccc1C(C)(C)C. The van der Waals surface area contributed by atoms with Crippen molar-refractivity contribution in [1.29, 1.82) is 0 Å². The molecule has 0 unspecified atom stereocenters. The number of para-hydroxylation sites is 1. The summed E-state index contributed by atoms with van der Waals surface area (Å²) in [5, 5.41) is 0. The minimum absolute atomic E-state index is 0.114. The molecule has 0 aliphatic carbocycles. The third-order valence-corrected chi connectivity index (χ3v) is 2.37. The molecule has 1 aromatic carbocycles. The van der Waals surface area contributed by atoms with E-state index >= 15 is 0 Å². The molecule has 0 aliphatic rings. The van der Waals surface area contributed by atoms with Gasteiger partial charge in [0.2, 0.25) is 0 Å². The van der Waals surface area contributed by atoms with Crippen LogP contribution in [0.15, 0.2) is 30.9 Å². The van der Waals surface area contributed by atoms with Crippen molar-refractivity contribution in [1.82, 2.24) is 0 Å². The third kappa shape index (κ3) is 2.85. The summed E-state index contributed by atoms with van der Waals surface area (Å²) in [6.07, 6.45) is 1.78. The molecule has 82 valence electrons. The summed E-state index contributed by atoms with van der Waals surface area (Å²) >= 11 is 0. The first-order chi connectivity index (χ1) is 6.96. The molecule has 0 aromatic heterocycles. The van der Waals surface area contributed by atoms with Crippen LogP contribution in [0.2, 0.25) is 0 Å². The standard InChI is InChI=1S/C14H20O/c1-6-10-15-13-11(2)8-7-9-12(13)14(3,4)5/h6-9H,1,10H2,2-5H3. The quantitative estimate of drug-likeness (QED) is 0.679. The van der Waals surface area contributed by atoms with Crippen molar-refractivity contribution < 1.29 is 4.74 Å². The maximum atomic E-state index is 5.73. The van der Waals surface area contributed by atoms with E-state index in [0.29, 0.717) is 6.61 Å². The zero-order valence-corrected chi connectivity index (χ0v) is 10.1. The van der Waals surface area contributed by atoms with Crippen LogP contribution in [0, 0.1) is 6.92 Å². The average Bonchev–Trinajstić information content (AvgIpc) is 2.14. The van der Waals surface area contributed by atoms with E-state index in [1.165, 1.54) is 11.1 Å². The zero-order chi connectivity index (χ0) is 11.5. The van der Waals surface area contributed by atoms with Crippen LogP contribution in [0.5, 0.6) is 5.75 Å². The molecule has 0 atom stereocenters. The van der Waals surface area contributed by atoms with Crippen LogP contribution >= 0.6 is 0 Å². The highest BCUT2D eigenvalue weighted by Crippen LogP contribution is 2.33. The smallest absolute Gasteiger partial charge is 0.126 e. The summed E-state index contributed by atoms with van der Waals surface area (Å²) < 4.78 is 5.73. The van der Waals surface area contributed by atoms with Gasteiger partial charge in [-0.15, -0.1) is 0 Å². The van der Waals surface area contributed by atoms with E-state index in [9.17, 15) is 0 Å². The van der Waals surface area contributed by atoms with Crippen LogP contribution in [0.1, 0.15) is 31.9 Å². The van der Waals surface area contributed by atoms with Crippen LogP contribution in [-0.2, 0) is 5.41 Å². The molecule has 0 N–H and O–H groups in total. The normalized spacial score (nSPS) is 11.2. The summed E-state index contributed by atoms with van der Waals surface area (Å²) in [6, 6.07) is 6.29. The number of rotatable bonds is 3. The molecule has 1 heteroatoms. The topological polar surface area (TPSA) is 9.23 Å². The van der Waals surface area contributed by atoms with Gasteiger partial charge in [-0.2, -0.15) is 0 Å². The van der Waals surface area contributed by atoms with E-state index in [-0.39, 0.29) is 5.41 Å². The molecule has 0 aliphatic heterocycles. The van der Waals surface area contributed by atoms with Crippen molar-refractivity contribution in [2.75, 3.05) is 6.61 Å². The Bertz CT molecular complexity index is 345. The van der Waals surface area contributed by atoms with Gasteiger partial charge in [0.15, 0.2) is 0 Å². The second-order valence-electron chi connectivity index (χ2n) is 4.80. The highest BCUT2D eigenvalue weighted by atomic mass is 16.5. The molecule has 1 nitrogen and oxygen atoms in total. The molecule has 1 aromatic rings. The van der Waals surface area contributed by atoms with Gasteiger partial charge < -0.3 is 4.74 Å². The second kappa shape index (κ2) is 4.52. The van der Waals surface area contributed by atoms with Gasteiger partial charge in [0.25, 0.3) is 0 Å². The van der Waals surface area contributed by atoms with Crippen LogP contribution in [0.4, 0.5) is 0 Å². The van der Waals surface area contributed by atoms with Crippen molar-refractivity contribution in [3.63, 3.8) is 0 Å². The summed E-state index contributed by atoms with van der Waals surface area (Å²) in [5.41, 5.74) is 2.55. The predicted molar refractivity (Wildman–Crippen MR) is 65.6 cm³/mol. The van der Waals surface area contributed by atoms with Gasteiger partial charge in [-0.1, -0.05) is 51.6 Å². The lowest BCUT2D eigenvalue weighted by molar-refractivity contribution is 0.348. The molecule has 0 fully saturated rings. The van der Waals surface area contributed by atoms with Gasteiger partial charge in [-0.25, -0.2) is 0 Å². The van der Waals surface area contributed by atoms with E-state index in [4.69, 9.17) is 4.74 Å². The lowest BCUT2D eigenvalue weighted by Crippen LogP contribution is -2.14. The molecule has 0 saturated carbocycles. The summed E-state index contributed by atoms with van der Waals surface area (Å²) in [4.78, 5) is 0. The molecule has 0 radical (unpaired) electrons. The minimum Gasteiger partial charge on any atom is -0.489 e. The van der Waals surface area contributed by atoms with E-state index in [1.807, 2.05) is 0 Å². The molecule has 0 spiro atoms. The maximum Gasteiger partial charge on any atom is 0.126 e. The Morgan fingerprint density at radius 1 is 1.33 bits per heavy atom. The van der Waals surface area contributed by atoms with Crippen molar-refractivity contribution >= 4 is 0 Å². The number of ether oxygens (including phenoxy) is 1. The largest absolute Gasteiger partial charge is 0.489 e. The molecule has 0 heterocycles. The number of hydrogen-bond acceptors (Lipinski definition) is 1. The summed E-state index contributed by atoms with van der Waals surface area (Å²) in [6.45, 7) is 12.9. The minimum atomic E-state index is 0.114. The zero-order valence-electron chi connectivity index (χ0n) is 10.1. The van der Waals surface area contributed by atoms with Crippen LogP contribution in [0.3, 0.4) is 0 Å². The molecular formula is C14H20O. The number of benzene rings is 1. The monoisotopic (exact) mass is 204 g/mol. The van der Waals surface area contributed by atoms with Gasteiger partial charge in [0.1, 0.15) is 12.4 Å². The predicted octanol–water partition coefficient (Wildman–Crippen LogP) is 3.86. The van der Waals surface area contributed by atoms with Gasteiger partial charge in [-0.05, 0) is 23.5 Å². The second-order valence-corrected chi connectivity index (χ2v) is 4.80. The van der Waals surface area contributed by atoms with Gasteiger partial charge in [0.05, 0.1) is 0 Å². The molecule has 0 amide bonds. The van der Waals surface area contributed by atoms with E-state index in [0.717, 1.165) is 5.75 Å². The molecule has 0 saturated heterocycles.